The van der Waals surface area contributed by atoms with Crippen molar-refractivity contribution in [3.8, 4) is 0 Å². The van der Waals surface area contributed by atoms with E-state index in [1.807, 2.05) is 6.92 Å². The van der Waals surface area contributed by atoms with Crippen LogP contribution >= 0.6 is 0 Å². The number of carboxylic acids is 1. The molecule has 1 heterocycles. The van der Waals surface area contributed by atoms with Crippen LogP contribution < -0.4 is 5.32 Å². The Kier molecular flexibility index (Phi) is 3.78. The number of aliphatic carboxylic acids is 1. The molecule has 1 amide bonds. The second-order valence-corrected chi connectivity index (χ2v) is 2.99. The highest BCUT2D eigenvalue weighted by atomic mass is 16.4. The largest absolute Gasteiger partial charge is 0.480 e. The molecule has 0 aliphatic heterocycles. The number of amides is 1. The zero-order valence-corrected chi connectivity index (χ0v) is 8.30. The number of nitrogens with one attached hydrogen (secondary N) is 1. The number of aromatic nitrogens is 3. The highest BCUT2D eigenvalue weighted by Crippen LogP contribution is 2.01. The molecule has 15 heavy (non-hydrogen) atoms. The number of carbonyl (C=O) groups is 2. The Balaban J connectivity index is 2.52. The van der Waals surface area contributed by atoms with Crippen LogP contribution in [0.25, 0.3) is 0 Å². The maximum Gasteiger partial charge on any atom is 0.325 e. The molecular formula is C8H12N4O3. The highest BCUT2D eigenvalue weighted by Gasteiger charge is 2.06. The molecular weight excluding hydrogens is 200 g/mol. The first kappa shape index (κ1) is 11.2. The average Bonchev–Trinajstić information content (AvgIpc) is 2.51. The summed E-state index contributed by atoms with van der Waals surface area (Å²) in [4.78, 5) is 21.5. The van der Waals surface area contributed by atoms with Crippen LogP contribution in [0.15, 0.2) is 6.20 Å². The van der Waals surface area contributed by atoms with Gasteiger partial charge >= 0.3 is 5.97 Å². The van der Waals surface area contributed by atoms with E-state index in [0.29, 0.717) is 6.42 Å². The second kappa shape index (κ2) is 5.08. The van der Waals surface area contributed by atoms with Gasteiger partial charge in [-0.15, -0.1) is 5.10 Å². The Labute approximate surface area is 86.1 Å². The number of hydrogen-bond donors (Lipinski definition) is 2. The minimum Gasteiger partial charge on any atom is -0.480 e. The van der Waals surface area contributed by atoms with E-state index in [4.69, 9.17) is 5.11 Å². The molecule has 0 saturated heterocycles. The van der Waals surface area contributed by atoms with Gasteiger partial charge in [0.15, 0.2) is 5.82 Å². The van der Waals surface area contributed by atoms with E-state index in [-0.39, 0.29) is 18.3 Å². The minimum atomic E-state index is -1.01. The molecule has 1 aromatic rings. The van der Waals surface area contributed by atoms with Crippen molar-refractivity contribution in [1.29, 1.82) is 0 Å². The molecule has 0 bridgehead atoms. The van der Waals surface area contributed by atoms with Gasteiger partial charge in [-0.25, -0.2) is 4.68 Å². The van der Waals surface area contributed by atoms with Crippen LogP contribution in [0.2, 0.25) is 0 Å². The molecule has 7 nitrogen and oxygen atoms in total. The van der Waals surface area contributed by atoms with E-state index in [9.17, 15) is 9.59 Å². The molecule has 0 aromatic carbocycles. The summed E-state index contributed by atoms with van der Waals surface area (Å²) in [5.41, 5.74) is 0. The summed E-state index contributed by atoms with van der Waals surface area (Å²) >= 11 is 0. The third-order valence-electron chi connectivity index (χ3n) is 1.58. The average molecular weight is 212 g/mol. The van der Waals surface area contributed by atoms with Gasteiger partial charge in [-0.05, 0) is 6.42 Å². The van der Waals surface area contributed by atoms with Crippen LogP contribution in [-0.4, -0.2) is 32.0 Å². The van der Waals surface area contributed by atoms with Crippen LogP contribution in [0.1, 0.15) is 19.8 Å². The van der Waals surface area contributed by atoms with E-state index in [0.717, 1.165) is 11.1 Å². The third kappa shape index (κ3) is 3.75. The first-order valence-electron chi connectivity index (χ1n) is 4.53. The summed E-state index contributed by atoms with van der Waals surface area (Å²) < 4.78 is 1.14. The van der Waals surface area contributed by atoms with Gasteiger partial charge < -0.3 is 10.4 Å². The Hall–Kier alpha value is -1.92. The number of anilines is 1. The summed E-state index contributed by atoms with van der Waals surface area (Å²) in [5, 5.41) is 18.1. The van der Waals surface area contributed by atoms with Gasteiger partial charge in [0.25, 0.3) is 0 Å². The van der Waals surface area contributed by atoms with Crippen LogP contribution in [-0.2, 0) is 16.1 Å². The molecule has 7 heteroatoms. The lowest BCUT2D eigenvalue weighted by Gasteiger charge is -1.97. The molecule has 0 saturated carbocycles. The molecule has 0 unspecified atom stereocenters. The molecule has 0 aliphatic carbocycles. The number of nitrogens with zero attached hydrogens (tertiary/aromatic N) is 3. The lowest BCUT2D eigenvalue weighted by Crippen LogP contribution is -2.11. The van der Waals surface area contributed by atoms with Gasteiger partial charge in [-0.1, -0.05) is 12.1 Å². The van der Waals surface area contributed by atoms with E-state index >= 15 is 0 Å². The van der Waals surface area contributed by atoms with Gasteiger partial charge in [0, 0.05) is 6.42 Å². The lowest BCUT2D eigenvalue weighted by atomic mass is 10.3. The predicted octanol–water partition coefficient (Wildman–Crippen LogP) is 0.101. The van der Waals surface area contributed by atoms with Gasteiger partial charge in [0.2, 0.25) is 5.91 Å². The Bertz CT molecular complexity index is 361. The van der Waals surface area contributed by atoms with E-state index in [2.05, 4.69) is 15.6 Å². The van der Waals surface area contributed by atoms with Crippen molar-refractivity contribution in [3.05, 3.63) is 6.20 Å². The van der Waals surface area contributed by atoms with Crippen molar-refractivity contribution in [2.24, 2.45) is 0 Å². The predicted molar refractivity (Wildman–Crippen MR) is 51.2 cm³/mol. The zero-order chi connectivity index (χ0) is 11.3. The van der Waals surface area contributed by atoms with Gasteiger partial charge in [0.05, 0.1) is 6.20 Å². The van der Waals surface area contributed by atoms with E-state index in [1.165, 1.54) is 6.20 Å². The molecule has 0 spiro atoms. The number of rotatable bonds is 5. The SMILES string of the molecule is CCCC(=O)Nc1cn(CC(=O)O)nn1. The first-order chi connectivity index (χ1) is 7.11. The van der Waals surface area contributed by atoms with Crippen molar-refractivity contribution in [3.63, 3.8) is 0 Å². The van der Waals surface area contributed by atoms with Crippen molar-refractivity contribution in [1.82, 2.24) is 15.0 Å². The highest BCUT2D eigenvalue weighted by molar-refractivity contribution is 5.89. The molecule has 1 aromatic heterocycles. The Morgan fingerprint density at radius 2 is 2.33 bits per heavy atom. The molecule has 82 valence electrons. The summed E-state index contributed by atoms with van der Waals surface area (Å²) in [6, 6.07) is 0. The number of hydrogen-bond acceptors (Lipinski definition) is 4. The maximum atomic E-state index is 11.1. The maximum absolute atomic E-state index is 11.1. The quantitative estimate of drug-likeness (QED) is 0.721. The summed E-state index contributed by atoms with van der Waals surface area (Å²) in [6.07, 6.45) is 2.53. The topological polar surface area (TPSA) is 97.1 Å². The fourth-order valence-electron chi connectivity index (χ4n) is 1.00. The fourth-order valence-corrected chi connectivity index (χ4v) is 1.00. The molecule has 2 N–H and O–H groups in total. The number of carboxylic acid groups (broad SMARTS) is 1. The van der Waals surface area contributed by atoms with Crippen LogP contribution in [0.4, 0.5) is 5.82 Å². The standard InChI is InChI=1S/C8H12N4O3/c1-2-3-7(13)9-6-4-12(11-10-6)5-8(14)15/h4H,2-3,5H2,1H3,(H,9,13)(H,14,15). The van der Waals surface area contributed by atoms with Crippen molar-refractivity contribution in [2.45, 2.75) is 26.3 Å². The van der Waals surface area contributed by atoms with E-state index < -0.39 is 5.97 Å². The fraction of sp³-hybridized carbons (Fsp3) is 0.500. The number of carbonyl (C=O) groups excluding carboxylic acids is 1. The van der Waals surface area contributed by atoms with Crippen LogP contribution in [0.3, 0.4) is 0 Å². The molecule has 0 aliphatic rings. The van der Waals surface area contributed by atoms with E-state index in [1.54, 1.807) is 0 Å². The normalized spacial score (nSPS) is 9.93. The second-order valence-electron chi connectivity index (χ2n) is 2.99. The van der Waals surface area contributed by atoms with Gasteiger partial charge in [0.1, 0.15) is 6.54 Å². The molecule has 0 fully saturated rings. The minimum absolute atomic E-state index is 0.153. The third-order valence-corrected chi connectivity index (χ3v) is 1.58. The lowest BCUT2D eigenvalue weighted by molar-refractivity contribution is -0.137. The van der Waals surface area contributed by atoms with Crippen LogP contribution in [0, 0.1) is 0 Å². The van der Waals surface area contributed by atoms with Gasteiger partial charge in [-0.3, -0.25) is 9.59 Å². The first-order valence-corrected chi connectivity index (χ1v) is 4.53. The molecule has 0 atom stereocenters. The summed E-state index contributed by atoms with van der Waals surface area (Å²) in [5.74, 6) is -0.888. The monoisotopic (exact) mass is 212 g/mol. The molecule has 1 rings (SSSR count). The Morgan fingerprint density at radius 1 is 1.60 bits per heavy atom. The van der Waals surface area contributed by atoms with Gasteiger partial charge in [-0.2, -0.15) is 0 Å². The van der Waals surface area contributed by atoms with Crippen LogP contribution in [0.5, 0.6) is 0 Å². The summed E-state index contributed by atoms with van der Waals surface area (Å²) in [7, 11) is 0. The molecule has 0 radical (unpaired) electrons. The Morgan fingerprint density at radius 3 is 2.93 bits per heavy atom. The summed E-state index contributed by atoms with van der Waals surface area (Å²) in [6.45, 7) is 1.62. The smallest absolute Gasteiger partial charge is 0.325 e. The van der Waals surface area contributed by atoms with Crippen molar-refractivity contribution in [2.75, 3.05) is 5.32 Å². The van der Waals surface area contributed by atoms with Crippen molar-refractivity contribution >= 4 is 17.7 Å². The zero-order valence-electron chi connectivity index (χ0n) is 8.30. The van der Waals surface area contributed by atoms with Crippen molar-refractivity contribution < 1.29 is 14.7 Å².